The molecule has 8 nitrogen and oxygen atoms in total. The van der Waals surface area contributed by atoms with Crippen molar-refractivity contribution in [3.8, 4) is 22.9 Å². The Morgan fingerprint density at radius 1 is 1.13 bits per heavy atom. The highest BCUT2D eigenvalue weighted by atomic mass is 19.1. The van der Waals surface area contributed by atoms with Gasteiger partial charge in [-0.3, -0.25) is 9.59 Å². The lowest BCUT2D eigenvalue weighted by atomic mass is 10.2. The Bertz CT molecular complexity index is 1120. The third kappa shape index (κ3) is 4.61. The number of carbonyl (C=O) groups excluding carboxylic acids is 2. The molecule has 158 valence electrons. The monoisotopic (exact) mass is 421 g/mol. The van der Waals surface area contributed by atoms with E-state index in [2.05, 4.69) is 15.3 Å². The Balaban J connectivity index is 1.57. The zero-order valence-corrected chi connectivity index (χ0v) is 16.7. The van der Waals surface area contributed by atoms with Crippen molar-refractivity contribution >= 4 is 17.6 Å². The van der Waals surface area contributed by atoms with Crippen molar-refractivity contribution in [3.05, 3.63) is 66.1 Å². The fraction of sp³-hybridized carbons (Fsp3) is 0.182. The fourth-order valence-electron chi connectivity index (χ4n) is 3.22. The second-order valence-electron chi connectivity index (χ2n) is 7.15. The number of ether oxygens (including phenoxy) is 1. The number of likely N-dealkylation sites (tertiary alicyclic amines) is 1. The summed E-state index contributed by atoms with van der Waals surface area (Å²) in [6, 6.07) is 13.6. The first-order valence-electron chi connectivity index (χ1n) is 9.63. The van der Waals surface area contributed by atoms with Crippen LogP contribution in [-0.2, 0) is 4.79 Å². The molecule has 31 heavy (non-hydrogen) atoms. The van der Waals surface area contributed by atoms with Crippen LogP contribution >= 0.6 is 0 Å². The maximum atomic E-state index is 13.0. The first-order valence-corrected chi connectivity index (χ1v) is 9.63. The minimum absolute atomic E-state index is 0.0388. The number of nitrogens with two attached hydrogens (primary N) is 1. The van der Waals surface area contributed by atoms with E-state index in [-0.39, 0.29) is 23.2 Å². The van der Waals surface area contributed by atoms with Crippen LogP contribution in [0.1, 0.15) is 16.9 Å². The van der Waals surface area contributed by atoms with E-state index in [9.17, 15) is 14.0 Å². The van der Waals surface area contributed by atoms with Gasteiger partial charge < -0.3 is 20.7 Å². The molecule has 0 radical (unpaired) electrons. The zero-order valence-electron chi connectivity index (χ0n) is 16.7. The maximum absolute atomic E-state index is 13.0. The van der Waals surface area contributed by atoms with Gasteiger partial charge in [0.15, 0.2) is 5.82 Å². The van der Waals surface area contributed by atoms with Crippen LogP contribution in [-0.4, -0.2) is 46.3 Å². The quantitative estimate of drug-likeness (QED) is 0.633. The second kappa shape index (κ2) is 8.39. The number of rotatable bonds is 6. The summed E-state index contributed by atoms with van der Waals surface area (Å²) in [5, 5.41) is 3.07. The summed E-state index contributed by atoms with van der Waals surface area (Å²) < 4.78 is 18.7. The summed E-state index contributed by atoms with van der Waals surface area (Å²) in [5.74, 6) is 0.591. The van der Waals surface area contributed by atoms with Gasteiger partial charge in [-0.05, 0) is 55.0 Å². The van der Waals surface area contributed by atoms with Gasteiger partial charge in [-0.1, -0.05) is 0 Å². The Kier molecular flexibility index (Phi) is 5.48. The number of hydrogen-bond acceptors (Lipinski definition) is 6. The van der Waals surface area contributed by atoms with Crippen molar-refractivity contribution in [2.24, 2.45) is 5.73 Å². The van der Waals surface area contributed by atoms with E-state index < -0.39 is 11.9 Å². The van der Waals surface area contributed by atoms with Crippen molar-refractivity contribution in [2.45, 2.75) is 12.5 Å². The normalized spacial score (nSPS) is 15.7. The van der Waals surface area contributed by atoms with Crippen LogP contribution < -0.4 is 15.8 Å². The molecule has 1 aliphatic heterocycles. The highest BCUT2D eigenvalue weighted by Crippen LogP contribution is 2.26. The molecule has 0 saturated carbocycles. The molecule has 2 heterocycles. The van der Waals surface area contributed by atoms with Crippen LogP contribution in [0.4, 0.5) is 10.2 Å². The Morgan fingerprint density at radius 2 is 1.77 bits per heavy atom. The lowest BCUT2D eigenvalue weighted by Crippen LogP contribution is -2.31. The fourth-order valence-corrected chi connectivity index (χ4v) is 3.22. The zero-order chi connectivity index (χ0) is 22.0. The van der Waals surface area contributed by atoms with Gasteiger partial charge in [0.2, 0.25) is 5.91 Å². The molecule has 0 spiro atoms. The van der Waals surface area contributed by atoms with Crippen molar-refractivity contribution in [1.82, 2.24) is 14.9 Å². The topological polar surface area (TPSA) is 110 Å². The third-order valence-electron chi connectivity index (χ3n) is 4.89. The lowest BCUT2D eigenvalue weighted by molar-refractivity contribution is -0.127. The van der Waals surface area contributed by atoms with E-state index in [4.69, 9.17) is 10.5 Å². The molecule has 1 fully saturated rings. The van der Waals surface area contributed by atoms with Gasteiger partial charge >= 0.3 is 0 Å². The van der Waals surface area contributed by atoms with Gasteiger partial charge in [0, 0.05) is 25.2 Å². The number of nitrogens with zero attached hydrogens (tertiary/aromatic N) is 3. The molecule has 0 bridgehead atoms. The highest BCUT2D eigenvalue weighted by Gasteiger charge is 2.29. The lowest BCUT2D eigenvalue weighted by Gasteiger charge is -2.14. The molecule has 4 rings (SSSR count). The summed E-state index contributed by atoms with van der Waals surface area (Å²) in [5.41, 5.74) is 6.10. The van der Waals surface area contributed by atoms with Crippen molar-refractivity contribution < 1.29 is 18.7 Å². The smallest absolute Gasteiger partial charge is 0.267 e. The minimum Gasteiger partial charge on any atom is -0.457 e. The number of primary amides is 1. The molecule has 1 unspecified atom stereocenters. The van der Waals surface area contributed by atoms with Crippen LogP contribution in [0, 0.1) is 5.82 Å². The molecule has 1 aliphatic rings. The standard InChI is InChI=1S/C22H20FN5O3/c1-28-11-10-17(22(28)30)25-19-12-18(20(24)29)26-21(27-19)13-2-6-15(7-3-13)31-16-8-4-14(23)5-9-16/h2-9,12,17H,10-11H2,1H3,(H2,24,29)(H,25,26,27). The number of benzene rings is 2. The van der Waals surface area contributed by atoms with Gasteiger partial charge in [-0.2, -0.15) is 0 Å². The number of anilines is 1. The number of halogens is 1. The molecule has 0 aliphatic carbocycles. The van der Waals surface area contributed by atoms with Crippen LogP contribution in [0.5, 0.6) is 11.5 Å². The van der Waals surface area contributed by atoms with Crippen molar-refractivity contribution in [1.29, 1.82) is 0 Å². The second-order valence-corrected chi connectivity index (χ2v) is 7.15. The molecule has 2 aromatic carbocycles. The largest absolute Gasteiger partial charge is 0.457 e. The first kappa shape index (κ1) is 20.3. The average molecular weight is 421 g/mol. The Hall–Kier alpha value is -4.01. The number of amides is 2. The minimum atomic E-state index is -0.696. The molecule has 9 heteroatoms. The molecule has 3 aromatic rings. The molecular formula is C22H20FN5O3. The first-order chi connectivity index (χ1) is 14.9. The third-order valence-corrected chi connectivity index (χ3v) is 4.89. The summed E-state index contributed by atoms with van der Waals surface area (Å²) in [6.07, 6.45) is 0.635. The van der Waals surface area contributed by atoms with Crippen molar-refractivity contribution in [3.63, 3.8) is 0 Å². The number of hydrogen-bond donors (Lipinski definition) is 2. The van der Waals surface area contributed by atoms with Gasteiger partial charge in [0.05, 0.1) is 0 Å². The van der Waals surface area contributed by atoms with Crippen LogP contribution in [0.3, 0.4) is 0 Å². The SMILES string of the molecule is CN1CCC(Nc2cc(C(N)=O)nc(-c3ccc(Oc4ccc(F)cc4)cc3)n2)C1=O. The van der Waals surface area contributed by atoms with E-state index in [0.29, 0.717) is 35.8 Å². The Labute approximate surface area is 177 Å². The Morgan fingerprint density at radius 3 is 2.35 bits per heavy atom. The van der Waals surface area contributed by atoms with E-state index in [1.807, 2.05) is 0 Å². The van der Waals surface area contributed by atoms with Crippen LogP contribution in [0.15, 0.2) is 54.6 Å². The van der Waals surface area contributed by atoms with E-state index in [1.54, 1.807) is 36.2 Å². The maximum Gasteiger partial charge on any atom is 0.267 e. The molecule has 1 saturated heterocycles. The van der Waals surface area contributed by atoms with E-state index in [1.165, 1.54) is 30.3 Å². The number of carbonyl (C=O) groups is 2. The van der Waals surface area contributed by atoms with Gasteiger partial charge in [0.25, 0.3) is 5.91 Å². The van der Waals surface area contributed by atoms with E-state index in [0.717, 1.165) is 0 Å². The number of aromatic nitrogens is 2. The summed E-state index contributed by atoms with van der Waals surface area (Å²) >= 11 is 0. The van der Waals surface area contributed by atoms with Crippen molar-refractivity contribution in [2.75, 3.05) is 18.9 Å². The van der Waals surface area contributed by atoms with Gasteiger partial charge in [-0.25, -0.2) is 14.4 Å². The predicted molar refractivity (Wildman–Crippen MR) is 112 cm³/mol. The highest BCUT2D eigenvalue weighted by molar-refractivity contribution is 5.92. The summed E-state index contributed by atoms with van der Waals surface area (Å²) in [7, 11) is 1.74. The number of likely N-dealkylation sites (N-methyl/N-ethyl adjacent to an activating group) is 1. The van der Waals surface area contributed by atoms with Crippen LogP contribution in [0.25, 0.3) is 11.4 Å². The van der Waals surface area contributed by atoms with Gasteiger partial charge in [-0.15, -0.1) is 0 Å². The predicted octanol–water partition coefficient (Wildman–Crippen LogP) is 2.82. The molecule has 1 atom stereocenters. The van der Waals surface area contributed by atoms with Gasteiger partial charge in [0.1, 0.15) is 34.9 Å². The molecule has 3 N–H and O–H groups in total. The molecule has 2 amide bonds. The summed E-state index contributed by atoms with van der Waals surface area (Å²) in [6.45, 7) is 0.645. The number of nitrogens with one attached hydrogen (secondary N) is 1. The van der Waals surface area contributed by atoms with Crippen LogP contribution in [0.2, 0.25) is 0 Å². The summed E-state index contributed by atoms with van der Waals surface area (Å²) in [4.78, 5) is 34.3. The van der Waals surface area contributed by atoms with E-state index >= 15 is 0 Å². The average Bonchev–Trinajstić information content (AvgIpc) is 3.08. The molecular weight excluding hydrogens is 401 g/mol. The molecule has 1 aromatic heterocycles.